The minimum Gasteiger partial charge on any atom is -0.478 e. The third-order valence-corrected chi connectivity index (χ3v) is 3.93. The Bertz CT molecular complexity index is 692. The van der Waals surface area contributed by atoms with Gasteiger partial charge in [0.05, 0.1) is 24.9 Å². The van der Waals surface area contributed by atoms with Gasteiger partial charge in [0.2, 0.25) is 0 Å². The van der Waals surface area contributed by atoms with Crippen LogP contribution in [-0.2, 0) is 0 Å². The molecule has 0 aromatic heterocycles. The summed E-state index contributed by atoms with van der Waals surface area (Å²) < 4.78 is 0. The summed E-state index contributed by atoms with van der Waals surface area (Å²) in [5.74, 6) is -0.930. The van der Waals surface area contributed by atoms with Crippen LogP contribution in [-0.4, -0.2) is 48.5 Å². The first kappa shape index (κ1) is 15.1. The van der Waals surface area contributed by atoms with Crippen LogP contribution in [0, 0.1) is 0 Å². The number of nitrogens with zero attached hydrogens (tertiary/aromatic N) is 3. The largest absolute Gasteiger partial charge is 0.478 e. The van der Waals surface area contributed by atoms with Crippen molar-refractivity contribution in [2.75, 3.05) is 31.1 Å². The summed E-state index contributed by atoms with van der Waals surface area (Å²) in [7, 11) is 0. The van der Waals surface area contributed by atoms with Crippen molar-refractivity contribution in [1.82, 2.24) is 5.01 Å². The molecule has 23 heavy (non-hydrogen) atoms. The first-order valence-corrected chi connectivity index (χ1v) is 7.65. The van der Waals surface area contributed by atoms with Crippen LogP contribution in [0.3, 0.4) is 0 Å². The fraction of sp³-hybridized carbons (Fsp3) is 0.222. The number of rotatable bonds is 4. The minimum atomic E-state index is -0.930. The molecule has 1 saturated heterocycles. The number of anilines is 1. The van der Waals surface area contributed by atoms with Crippen molar-refractivity contribution in [3.8, 4) is 0 Å². The summed E-state index contributed by atoms with van der Waals surface area (Å²) in [6, 6.07) is 17.2. The van der Waals surface area contributed by atoms with Gasteiger partial charge in [0.1, 0.15) is 0 Å². The van der Waals surface area contributed by atoms with Gasteiger partial charge < -0.3 is 10.0 Å². The Morgan fingerprint density at radius 2 is 1.61 bits per heavy atom. The van der Waals surface area contributed by atoms with E-state index in [1.807, 2.05) is 29.3 Å². The topological polar surface area (TPSA) is 56.1 Å². The minimum absolute atomic E-state index is 0.277. The molecule has 1 heterocycles. The molecule has 0 bridgehead atoms. The zero-order valence-electron chi connectivity index (χ0n) is 12.8. The first-order valence-electron chi connectivity index (χ1n) is 7.65. The van der Waals surface area contributed by atoms with E-state index in [2.05, 4.69) is 22.1 Å². The van der Waals surface area contributed by atoms with E-state index in [1.165, 1.54) is 5.69 Å². The second-order valence-electron chi connectivity index (χ2n) is 5.41. The van der Waals surface area contributed by atoms with E-state index >= 15 is 0 Å². The summed E-state index contributed by atoms with van der Waals surface area (Å²) in [6.45, 7) is 3.45. The van der Waals surface area contributed by atoms with Crippen molar-refractivity contribution in [2.24, 2.45) is 5.10 Å². The number of aromatic carboxylic acids is 1. The highest BCUT2D eigenvalue weighted by atomic mass is 16.4. The molecule has 5 heteroatoms. The van der Waals surface area contributed by atoms with Gasteiger partial charge >= 0.3 is 5.97 Å². The van der Waals surface area contributed by atoms with Crippen LogP contribution in [0.15, 0.2) is 59.7 Å². The van der Waals surface area contributed by atoms with Crippen LogP contribution < -0.4 is 4.90 Å². The van der Waals surface area contributed by atoms with Crippen LogP contribution in [0.2, 0.25) is 0 Å². The molecule has 1 fully saturated rings. The molecule has 0 radical (unpaired) electrons. The maximum absolute atomic E-state index is 11.2. The second-order valence-corrected chi connectivity index (χ2v) is 5.41. The standard InChI is InChI=1S/C18H19N3O2/c22-18(23)17-9-5-4-6-15(17)14-19-21-12-10-20(11-13-21)16-7-2-1-3-8-16/h1-9,14H,10-13H2,(H,22,23)/b19-14+. The van der Waals surface area contributed by atoms with E-state index in [1.54, 1.807) is 24.4 Å². The molecule has 0 spiro atoms. The van der Waals surface area contributed by atoms with Crippen LogP contribution in [0.25, 0.3) is 0 Å². The molecule has 2 aromatic carbocycles. The third kappa shape index (κ3) is 3.69. The summed E-state index contributed by atoms with van der Waals surface area (Å²) in [4.78, 5) is 13.5. The quantitative estimate of drug-likeness (QED) is 0.882. The van der Waals surface area contributed by atoms with E-state index in [0.717, 1.165) is 26.2 Å². The van der Waals surface area contributed by atoms with Crippen molar-refractivity contribution >= 4 is 17.9 Å². The Balaban J connectivity index is 1.62. The highest BCUT2D eigenvalue weighted by Crippen LogP contribution is 2.15. The Kier molecular flexibility index (Phi) is 4.57. The summed E-state index contributed by atoms with van der Waals surface area (Å²) in [5, 5.41) is 15.6. The number of hydrogen-bond donors (Lipinski definition) is 1. The monoisotopic (exact) mass is 309 g/mol. The second kappa shape index (κ2) is 6.96. The molecule has 0 saturated carbocycles. The van der Waals surface area contributed by atoms with Gasteiger partial charge in [-0.05, 0) is 18.2 Å². The van der Waals surface area contributed by atoms with Crippen LogP contribution in [0.4, 0.5) is 5.69 Å². The molecule has 1 N–H and O–H groups in total. The van der Waals surface area contributed by atoms with Gasteiger partial charge in [0.15, 0.2) is 0 Å². The average molecular weight is 309 g/mol. The molecule has 1 aliphatic rings. The van der Waals surface area contributed by atoms with Crippen molar-refractivity contribution < 1.29 is 9.90 Å². The molecule has 2 aromatic rings. The van der Waals surface area contributed by atoms with E-state index < -0.39 is 5.97 Å². The fourth-order valence-corrected chi connectivity index (χ4v) is 2.66. The van der Waals surface area contributed by atoms with Crippen LogP contribution >= 0.6 is 0 Å². The molecule has 3 rings (SSSR count). The van der Waals surface area contributed by atoms with Gasteiger partial charge in [-0.3, -0.25) is 5.01 Å². The van der Waals surface area contributed by atoms with E-state index in [4.69, 9.17) is 0 Å². The summed E-state index contributed by atoms with van der Waals surface area (Å²) >= 11 is 0. The Labute approximate surface area is 135 Å². The molecule has 5 nitrogen and oxygen atoms in total. The van der Waals surface area contributed by atoms with Gasteiger partial charge in [0.25, 0.3) is 0 Å². The predicted octanol–water partition coefficient (Wildman–Crippen LogP) is 2.54. The van der Waals surface area contributed by atoms with Crippen molar-refractivity contribution in [3.05, 3.63) is 65.7 Å². The lowest BCUT2D eigenvalue weighted by molar-refractivity contribution is 0.0696. The smallest absolute Gasteiger partial charge is 0.336 e. The van der Waals surface area contributed by atoms with Gasteiger partial charge in [-0.15, -0.1) is 0 Å². The fourth-order valence-electron chi connectivity index (χ4n) is 2.66. The summed E-state index contributed by atoms with van der Waals surface area (Å²) in [5.41, 5.74) is 2.14. The highest BCUT2D eigenvalue weighted by molar-refractivity contribution is 5.98. The maximum Gasteiger partial charge on any atom is 0.336 e. The van der Waals surface area contributed by atoms with Gasteiger partial charge in [0, 0.05) is 24.3 Å². The zero-order valence-corrected chi connectivity index (χ0v) is 12.8. The normalized spacial score (nSPS) is 15.1. The molecule has 0 atom stereocenters. The molecule has 118 valence electrons. The van der Waals surface area contributed by atoms with Crippen LogP contribution in [0.1, 0.15) is 15.9 Å². The number of hydrazone groups is 1. The number of carboxylic acids is 1. The summed E-state index contributed by atoms with van der Waals surface area (Å²) in [6.07, 6.45) is 1.64. The van der Waals surface area contributed by atoms with Gasteiger partial charge in [-0.1, -0.05) is 36.4 Å². The maximum atomic E-state index is 11.2. The van der Waals surface area contributed by atoms with Gasteiger partial charge in [-0.2, -0.15) is 5.10 Å². The number of carboxylic acid groups (broad SMARTS) is 1. The van der Waals surface area contributed by atoms with Crippen molar-refractivity contribution in [2.45, 2.75) is 0 Å². The lowest BCUT2D eigenvalue weighted by atomic mass is 10.1. The molecular formula is C18H19N3O2. The van der Waals surface area contributed by atoms with Crippen LogP contribution in [0.5, 0.6) is 0 Å². The molecule has 0 unspecified atom stereocenters. The first-order chi connectivity index (χ1) is 11.2. The predicted molar refractivity (Wildman–Crippen MR) is 91.2 cm³/mol. The molecule has 1 aliphatic heterocycles. The molecule has 0 aliphatic carbocycles. The number of carbonyl (C=O) groups is 1. The number of para-hydroxylation sites is 1. The van der Waals surface area contributed by atoms with E-state index in [0.29, 0.717) is 5.56 Å². The Hall–Kier alpha value is -2.82. The van der Waals surface area contributed by atoms with Crippen molar-refractivity contribution in [3.63, 3.8) is 0 Å². The number of piperazine rings is 1. The number of hydrogen-bond acceptors (Lipinski definition) is 4. The lowest BCUT2D eigenvalue weighted by Crippen LogP contribution is -2.44. The van der Waals surface area contributed by atoms with Gasteiger partial charge in [-0.25, -0.2) is 4.79 Å². The molecule has 0 amide bonds. The Morgan fingerprint density at radius 1 is 0.957 bits per heavy atom. The number of benzene rings is 2. The lowest BCUT2D eigenvalue weighted by Gasteiger charge is -2.34. The third-order valence-electron chi connectivity index (χ3n) is 3.93. The highest BCUT2D eigenvalue weighted by Gasteiger charge is 2.15. The Morgan fingerprint density at radius 3 is 2.30 bits per heavy atom. The molecular weight excluding hydrogens is 290 g/mol. The SMILES string of the molecule is O=C(O)c1ccccc1/C=N/N1CCN(c2ccccc2)CC1. The van der Waals surface area contributed by atoms with E-state index in [-0.39, 0.29) is 5.56 Å². The average Bonchev–Trinajstić information content (AvgIpc) is 2.61. The zero-order chi connectivity index (χ0) is 16.1. The van der Waals surface area contributed by atoms with E-state index in [9.17, 15) is 9.90 Å². The van der Waals surface area contributed by atoms with Crippen molar-refractivity contribution in [1.29, 1.82) is 0 Å².